The van der Waals surface area contributed by atoms with Crippen LogP contribution >= 0.6 is 0 Å². The van der Waals surface area contributed by atoms with E-state index in [4.69, 9.17) is 15.6 Å². The first-order valence-corrected chi connectivity index (χ1v) is 16.6. The maximum Gasteiger partial charge on any atom is 0.355 e. The van der Waals surface area contributed by atoms with Crippen molar-refractivity contribution in [3.05, 3.63) is 72.4 Å². The van der Waals surface area contributed by atoms with Gasteiger partial charge in [0.05, 0.1) is 28.8 Å². The van der Waals surface area contributed by atoms with E-state index in [-0.39, 0.29) is 17.3 Å². The predicted molar refractivity (Wildman–Crippen MR) is 172 cm³/mol. The van der Waals surface area contributed by atoms with Gasteiger partial charge >= 0.3 is 5.76 Å². The fourth-order valence-corrected chi connectivity index (χ4v) is 7.52. The Labute approximate surface area is 269 Å². The van der Waals surface area contributed by atoms with Crippen LogP contribution in [0.1, 0.15) is 37.5 Å². The number of fused-ring (bicyclic) bond motifs is 1. The van der Waals surface area contributed by atoms with E-state index >= 15 is 0 Å². The van der Waals surface area contributed by atoms with Crippen LogP contribution in [-0.2, 0) is 17.1 Å². The normalized spacial score (nSPS) is 17.2. The summed E-state index contributed by atoms with van der Waals surface area (Å²) < 4.78 is 76.1. The van der Waals surface area contributed by atoms with Crippen molar-refractivity contribution >= 4 is 32.4 Å². The van der Waals surface area contributed by atoms with Crippen molar-refractivity contribution in [3.63, 3.8) is 0 Å². The van der Waals surface area contributed by atoms with E-state index in [9.17, 15) is 21.6 Å². The Morgan fingerprint density at radius 1 is 1.06 bits per heavy atom. The Hall–Kier alpha value is -4.63. The van der Waals surface area contributed by atoms with Crippen LogP contribution < -0.4 is 15.2 Å². The lowest BCUT2D eigenvalue weighted by atomic mass is 9.61. The summed E-state index contributed by atoms with van der Waals surface area (Å²) in [7, 11) is -1.10. The molecule has 15 heteroatoms. The molecule has 47 heavy (non-hydrogen) atoms. The maximum atomic E-state index is 13.5. The third-order valence-corrected chi connectivity index (χ3v) is 10.1. The number of aryl methyl sites for hydroxylation is 1. The molecule has 1 spiro atoms. The summed E-state index contributed by atoms with van der Waals surface area (Å²) in [6.45, 7) is 3.91. The van der Waals surface area contributed by atoms with E-state index < -0.39 is 27.7 Å². The molecular formula is C32H33F3N8O3S. The number of alkyl halides is 2. The average Bonchev–Trinajstić information content (AvgIpc) is 3.61. The van der Waals surface area contributed by atoms with Crippen molar-refractivity contribution in [1.29, 1.82) is 0 Å². The highest BCUT2D eigenvalue weighted by atomic mass is 32.2. The van der Waals surface area contributed by atoms with Crippen LogP contribution in [0.25, 0.3) is 33.3 Å². The summed E-state index contributed by atoms with van der Waals surface area (Å²) in [4.78, 5) is 6.80. The number of aromatic nitrogens is 5. The van der Waals surface area contributed by atoms with Gasteiger partial charge in [0.2, 0.25) is 0 Å². The number of sulfonamides is 1. The number of halogens is 3. The van der Waals surface area contributed by atoms with E-state index in [1.54, 1.807) is 24.9 Å². The highest BCUT2D eigenvalue weighted by Gasteiger charge is 2.51. The first-order chi connectivity index (χ1) is 22.3. The molecule has 2 aromatic carbocycles. The molecule has 3 aromatic heterocycles. The second-order valence-electron chi connectivity index (χ2n) is 12.6. The summed E-state index contributed by atoms with van der Waals surface area (Å²) in [5, 5.41) is 9.97. The highest BCUT2D eigenvalue weighted by molar-refractivity contribution is 7.93. The number of nitrogens with two attached hydrogens (primary N) is 1. The summed E-state index contributed by atoms with van der Waals surface area (Å²) in [5.41, 5.74) is 10.5. The summed E-state index contributed by atoms with van der Waals surface area (Å²) in [5.74, 6) is -3.92. The van der Waals surface area contributed by atoms with Crippen LogP contribution in [0.3, 0.4) is 0 Å². The maximum absolute atomic E-state index is 13.5. The predicted octanol–water partition coefficient (Wildman–Crippen LogP) is 5.59. The third kappa shape index (κ3) is 5.56. The Kier molecular flexibility index (Phi) is 7.43. The van der Waals surface area contributed by atoms with Crippen LogP contribution in [0, 0.1) is 11.2 Å². The minimum absolute atomic E-state index is 0.0396. The lowest BCUT2D eigenvalue weighted by Crippen LogP contribution is -2.60. The number of ether oxygens (including phenoxy) is 1. The number of pyridine rings is 1. The van der Waals surface area contributed by atoms with E-state index in [2.05, 4.69) is 22.0 Å². The molecule has 1 aliphatic carbocycles. The lowest BCUT2D eigenvalue weighted by Gasteiger charge is -2.58. The Bertz CT molecular complexity index is 2080. The molecule has 1 saturated carbocycles. The summed E-state index contributed by atoms with van der Waals surface area (Å²) >= 11 is 0. The lowest BCUT2D eigenvalue weighted by molar-refractivity contribution is -0.0786. The number of anilines is 2. The van der Waals surface area contributed by atoms with Crippen molar-refractivity contribution in [2.24, 2.45) is 12.5 Å². The zero-order valence-electron chi connectivity index (χ0n) is 25.9. The number of benzene rings is 2. The Morgan fingerprint density at radius 2 is 1.79 bits per heavy atom. The van der Waals surface area contributed by atoms with Crippen LogP contribution in [0.2, 0.25) is 0 Å². The van der Waals surface area contributed by atoms with Gasteiger partial charge in [-0.15, -0.1) is 0 Å². The van der Waals surface area contributed by atoms with Crippen LogP contribution in [0.5, 0.6) is 5.75 Å². The number of nitrogens with zero attached hydrogens (tertiary/aromatic N) is 6. The van der Waals surface area contributed by atoms with Gasteiger partial charge in [-0.05, 0) is 62.1 Å². The molecule has 0 bridgehead atoms. The molecule has 4 heterocycles. The first-order valence-electron chi connectivity index (χ1n) is 15.0. The zero-order chi connectivity index (χ0) is 33.2. The minimum Gasteiger partial charge on any atom is -0.484 e. The first kappa shape index (κ1) is 31.0. The molecule has 2 aliphatic rings. The van der Waals surface area contributed by atoms with Gasteiger partial charge in [0.25, 0.3) is 10.0 Å². The van der Waals surface area contributed by atoms with Crippen molar-refractivity contribution in [1.82, 2.24) is 29.4 Å². The fourth-order valence-electron chi connectivity index (χ4n) is 6.95. The van der Waals surface area contributed by atoms with Crippen molar-refractivity contribution in [2.75, 3.05) is 30.6 Å². The standard InChI is InChI=1S/C32H33F3N8O3S/c1-18(19-4-7-22(33)8-5-19)46-26-10-20(6-9-25(26)40-47(44,45)31(34)35)28-27-29(42(3)39-28)24(14-37-30(27)36)21-13-38-43(15-21)23-11-32(12-23)16-41(2)17-32/h4-10,13-15,18,23,31,40H,11-12,16-17H2,1-3H3,(H2,36,37)/t18-/m0/s1. The van der Waals surface area contributed by atoms with Gasteiger partial charge in [-0.2, -0.15) is 19.0 Å². The number of nitrogen functional groups attached to an aromatic ring is 1. The van der Waals surface area contributed by atoms with E-state index in [1.807, 2.05) is 21.8 Å². The van der Waals surface area contributed by atoms with Crippen LogP contribution in [0.4, 0.5) is 24.7 Å². The zero-order valence-corrected chi connectivity index (χ0v) is 26.7. The molecule has 1 atom stereocenters. The molecule has 1 aliphatic heterocycles. The smallest absolute Gasteiger partial charge is 0.355 e. The van der Waals surface area contributed by atoms with Gasteiger partial charge in [-0.1, -0.05) is 18.2 Å². The molecule has 11 nitrogen and oxygen atoms in total. The molecule has 7 rings (SSSR count). The molecule has 0 amide bonds. The van der Waals surface area contributed by atoms with Gasteiger partial charge < -0.3 is 15.4 Å². The van der Waals surface area contributed by atoms with E-state index in [0.29, 0.717) is 39.2 Å². The Balaban J connectivity index is 1.25. The monoisotopic (exact) mass is 666 g/mol. The van der Waals surface area contributed by atoms with Crippen molar-refractivity contribution in [2.45, 2.75) is 37.7 Å². The quantitative estimate of drug-likeness (QED) is 0.208. The SMILES string of the molecule is C[C@H](Oc1cc(-c2nn(C)c3c(-c4cnn(C5CC6(C5)CN(C)C6)c4)cnc(N)c23)ccc1NS(=O)(=O)C(F)F)c1ccc(F)cc1. The highest BCUT2D eigenvalue weighted by Crippen LogP contribution is 2.53. The van der Waals surface area contributed by atoms with Gasteiger partial charge in [0.1, 0.15) is 29.2 Å². The molecule has 0 radical (unpaired) electrons. The summed E-state index contributed by atoms with van der Waals surface area (Å²) in [6, 6.07) is 10.3. The van der Waals surface area contributed by atoms with Gasteiger partial charge in [-0.3, -0.25) is 14.1 Å². The second kappa shape index (κ2) is 11.3. The molecule has 3 N–H and O–H groups in total. The molecule has 246 valence electrons. The average molecular weight is 667 g/mol. The van der Waals surface area contributed by atoms with Crippen LogP contribution in [0.15, 0.2) is 61.1 Å². The number of hydrogen-bond donors (Lipinski definition) is 2. The van der Waals surface area contributed by atoms with Gasteiger partial charge in [0, 0.05) is 49.2 Å². The molecule has 0 unspecified atom stereocenters. The number of nitrogens with one attached hydrogen (secondary N) is 1. The number of likely N-dealkylation sites (tertiary alicyclic amines) is 1. The fraction of sp³-hybridized carbons (Fsp3) is 0.344. The summed E-state index contributed by atoms with van der Waals surface area (Å²) in [6.07, 6.45) is 7.01. The van der Waals surface area contributed by atoms with E-state index in [0.717, 1.165) is 37.1 Å². The second-order valence-corrected chi connectivity index (χ2v) is 14.3. The number of rotatable bonds is 9. The van der Waals surface area contributed by atoms with Gasteiger partial charge in [-0.25, -0.2) is 17.8 Å². The van der Waals surface area contributed by atoms with Crippen molar-refractivity contribution < 1.29 is 26.3 Å². The molecule has 5 aromatic rings. The van der Waals surface area contributed by atoms with Crippen molar-refractivity contribution in [3.8, 4) is 28.1 Å². The minimum atomic E-state index is -5.01. The van der Waals surface area contributed by atoms with E-state index in [1.165, 1.54) is 42.5 Å². The third-order valence-electron chi connectivity index (χ3n) is 9.11. The largest absolute Gasteiger partial charge is 0.484 e. The van der Waals surface area contributed by atoms with Gasteiger partial charge in [0.15, 0.2) is 0 Å². The molecule has 1 saturated heterocycles. The number of hydrogen-bond acceptors (Lipinski definition) is 8. The van der Waals surface area contributed by atoms with Crippen LogP contribution in [-0.4, -0.2) is 63.8 Å². The topological polar surface area (TPSA) is 133 Å². The molecular weight excluding hydrogens is 633 g/mol. The Morgan fingerprint density at radius 3 is 2.47 bits per heavy atom. The molecule has 2 fully saturated rings.